The van der Waals surface area contributed by atoms with Crippen LogP contribution >= 0.6 is 0 Å². The maximum Gasteiger partial charge on any atom is 0.280 e. The molecule has 0 saturated heterocycles. The van der Waals surface area contributed by atoms with E-state index < -0.39 is 15.4 Å². The van der Waals surface area contributed by atoms with Gasteiger partial charge in [0.1, 0.15) is 12.4 Å². The van der Waals surface area contributed by atoms with E-state index in [0.29, 0.717) is 30.2 Å². The second kappa shape index (κ2) is 10.2. The van der Waals surface area contributed by atoms with Crippen LogP contribution < -0.4 is 21.2 Å². The second-order valence-electron chi connectivity index (χ2n) is 8.82. The van der Waals surface area contributed by atoms with Gasteiger partial charge in [-0.3, -0.25) is 24.1 Å². The SMILES string of the molecule is COCCOc1cc(C#CCn2c(=N)n(C)c(=O)c3c2nc(S(C)(=O)=O)n3C)cc(NC(=O)C2CC2)c1. The van der Waals surface area contributed by atoms with Crippen LogP contribution in [-0.2, 0) is 40.0 Å². The summed E-state index contributed by atoms with van der Waals surface area (Å²) in [5, 5.41) is 11.0. The molecule has 0 radical (unpaired) electrons. The molecule has 3 aromatic rings. The molecule has 2 heterocycles. The number of aryl methyl sites for hydroxylation is 1. The van der Waals surface area contributed by atoms with Crippen LogP contribution in [0.2, 0.25) is 0 Å². The summed E-state index contributed by atoms with van der Waals surface area (Å²) < 4.78 is 38.8. The number of fused-ring (bicyclic) bond motifs is 1. The first kappa shape index (κ1) is 26.2. The molecule has 0 unspecified atom stereocenters. The van der Waals surface area contributed by atoms with Crippen molar-refractivity contribution >= 4 is 32.6 Å². The van der Waals surface area contributed by atoms with E-state index in [-0.39, 0.29) is 40.3 Å². The molecule has 13 heteroatoms. The average Bonchev–Trinajstić information content (AvgIpc) is 3.62. The molecule has 0 aliphatic heterocycles. The predicted molar refractivity (Wildman–Crippen MR) is 135 cm³/mol. The summed E-state index contributed by atoms with van der Waals surface area (Å²) in [4.78, 5) is 29.2. The van der Waals surface area contributed by atoms with Gasteiger partial charge in [-0.25, -0.2) is 8.42 Å². The Morgan fingerprint density at radius 1 is 1.22 bits per heavy atom. The van der Waals surface area contributed by atoms with Crippen molar-refractivity contribution in [2.45, 2.75) is 24.5 Å². The van der Waals surface area contributed by atoms with Crippen molar-refractivity contribution in [3.63, 3.8) is 0 Å². The highest BCUT2D eigenvalue weighted by Gasteiger charge is 2.29. The third-order valence-corrected chi connectivity index (χ3v) is 6.88. The Morgan fingerprint density at radius 3 is 2.59 bits per heavy atom. The van der Waals surface area contributed by atoms with Crippen molar-refractivity contribution in [3.05, 3.63) is 39.7 Å². The van der Waals surface area contributed by atoms with E-state index in [1.54, 1.807) is 25.3 Å². The number of methoxy groups -OCH3 is 1. The lowest BCUT2D eigenvalue weighted by molar-refractivity contribution is -0.117. The zero-order chi connectivity index (χ0) is 26.9. The summed E-state index contributed by atoms with van der Waals surface area (Å²) in [6.45, 7) is 0.673. The largest absolute Gasteiger partial charge is 0.491 e. The highest BCUT2D eigenvalue weighted by molar-refractivity contribution is 7.90. The predicted octanol–water partition coefficient (Wildman–Crippen LogP) is 0.382. The maximum absolute atomic E-state index is 12.8. The molecule has 37 heavy (non-hydrogen) atoms. The van der Waals surface area contributed by atoms with Crippen LogP contribution in [0, 0.1) is 23.2 Å². The molecule has 1 aliphatic rings. The summed E-state index contributed by atoms with van der Waals surface area (Å²) >= 11 is 0. The van der Waals surface area contributed by atoms with Crippen molar-refractivity contribution < 1.29 is 22.7 Å². The zero-order valence-electron chi connectivity index (χ0n) is 21.0. The maximum atomic E-state index is 12.8. The molecule has 2 N–H and O–H groups in total. The number of amides is 1. The molecule has 1 saturated carbocycles. The van der Waals surface area contributed by atoms with Crippen molar-refractivity contribution in [2.75, 3.05) is 31.9 Å². The van der Waals surface area contributed by atoms with Gasteiger partial charge < -0.3 is 19.4 Å². The number of nitrogens with zero attached hydrogens (tertiary/aromatic N) is 4. The van der Waals surface area contributed by atoms with E-state index >= 15 is 0 Å². The Hall–Kier alpha value is -3.89. The van der Waals surface area contributed by atoms with Gasteiger partial charge in [-0.2, -0.15) is 4.98 Å². The summed E-state index contributed by atoms with van der Waals surface area (Å²) in [7, 11) is 0.729. The van der Waals surface area contributed by atoms with Crippen LogP contribution in [-0.4, -0.2) is 59.6 Å². The molecular formula is C24H28N6O6S. The molecule has 1 fully saturated rings. The Kier molecular flexibility index (Phi) is 7.24. The Balaban J connectivity index is 1.71. The van der Waals surface area contributed by atoms with Crippen molar-refractivity contribution in [3.8, 4) is 17.6 Å². The summed E-state index contributed by atoms with van der Waals surface area (Å²) in [5.74, 6) is 6.45. The molecule has 1 aliphatic carbocycles. The molecule has 1 aromatic carbocycles. The van der Waals surface area contributed by atoms with Crippen LogP contribution in [0.4, 0.5) is 5.69 Å². The molecule has 2 aromatic heterocycles. The third kappa shape index (κ3) is 5.60. The van der Waals surface area contributed by atoms with Crippen molar-refractivity contribution in [1.82, 2.24) is 18.7 Å². The minimum absolute atomic E-state index is 0.0295. The fraction of sp³-hybridized carbons (Fsp3) is 0.417. The van der Waals surface area contributed by atoms with E-state index in [2.05, 4.69) is 22.1 Å². The Bertz CT molecular complexity index is 1670. The molecule has 4 rings (SSSR count). The van der Waals surface area contributed by atoms with E-state index in [1.165, 1.54) is 23.2 Å². The smallest absolute Gasteiger partial charge is 0.280 e. The lowest BCUT2D eigenvalue weighted by Crippen LogP contribution is -2.38. The minimum atomic E-state index is -3.71. The first-order valence-electron chi connectivity index (χ1n) is 11.5. The monoisotopic (exact) mass is 528 g/mol. The van der Waals surface area contributed by atoms with Gasteiger partial charge >= 0.3 is 0 Å². The van der Waals surface area contributed by atoms with Crippen LogP contribution in [0.1, 0.15) is 18.4 Å². The molecule has 0 atom stereocenters. The number of ether oxygens (including phenoxy) is 2. The summed E-state index contributed by atoms with van der Waals surface area (Å²) in [6, 6.07) is 5.16. The van der Waals surface area contributed by atoms with Crippen LogP contribution in [0.25, 0.3) is 11.2 Å². The Labute approximate surface area is 213 Å². The molecule has 196 valence electrons. The summed E-state index contributed by atoms with van der Waals surface area (Å²) in [5.41, 5.74) is 0.507. The zero-order valence-corrected chi connectivity index (χ0v) is 21.8. The lowest BCUT2D eigenvalue weighted by Gasteiger charge is -2.10. The number of rotatable bonds is 8. The number of benzene rings is 1. The first-order chi connectivity index (χ1) is 17.5. The standard InChI is InChI=1S/C24H28N6O6S/c1-28-19-20(27-24(28)37(4,33)34)30(23(25)29(2)22(19)32)9-5-6-15-12-17(26-21(31)16-7-8-16)14-18(13-15)36-11-10-35-3/h12-14,16,25H,7-11H2,1-4H3,(H,26,31). The molecule has 0 spiro atoms. The highest BCUT2D eigenvalue weighted by atomic mass is 32.2. The number of imidazole rings is 1. The molecule has 1 amide bonds. The Morgan fingerprint density at radius 2 is 1.95 bits per heavy atom. The van der Waals surface area contributed by atoms with E-state index in [4.69, 9.17) is 14.9 Å². The van der Waals surface area contributed by atoms with Crippen LogP contribution in [0.3, 0.4) is 0 Å². The number of sulfone groups is 1. The van der Waals surface area contributed by atoms with Gasteiger partial charge in [0.2, 0.25) is 26.5 Å². The fourth-order valence-electron chi connectivity index (χ4n) is 3.79. The fourth-order valence-corrected chi connectivity index (χ4v) is 4.63. The number of carbonyl (C=O) groups excluding carboxylic acids is 1. The van der Waals surface area contributed by atoms with E-state index in [9.17, 15) is 18.0 Å². The van der Waals surface area contributed by atoms with Gasteiger partial charge in [-0.15, -0.1) is 0 Å². The first-order valence-corrected chi connectivity index (χ1v) is 13.4. The van der Waals surface area contributed by atoms with Gasteiger partial charge in [0, 0.05) is 50.7 Å². The minimum Gasteiger partial charge on any atom is -0.491 e. The van der Waals surface area contributed by atoms with Gasteiger partial charge in [0.25, 0.3) is 5.56 Å². The van der Waals surface area contributed by atoms with Crippen molar-refractivity contribution in [2.24, 2.45) is 20.0 Å². The third-order valence-electron chi connectivity index (χ3n) is 5.85. The number of hydrogen-bond acceptors (Lipinski definition) is 8. The van der Waals surface area contributed by atoms with Gasteiger partial charge in [-0.1, -0.05) is 11.8 Å². The van der Waals surface area contributed by atoms with Crippen LogP contribution in [0.5, 0.6) is 5.75 Å². The van der Waals surface area contributed by atoms with Gasteiger partial charge in [0.15, 0.2) is 11.2 Å². The van der Waals surface area contributed by atoms with Crippen LogP contribution in [0.15, 0.2) is 28.2 Å². The highest BCUT2D eigenvalue weighted by Crippen LogP contribution is 2.31. The average molecular weight is 529 g/mol. The lowest BCUT2D eigenvalue weighted by atomic mass is 10.2. The number of anilines is 1. The number of aromatic nitrogens is 4. The molecule has 12 nitrogen and oxygen atoms in total. The normalized spacial score (nSPS) is 13.3. The second-order valence-corrected chi connectivity index (χ2v) is 10.7. The summed E-state index contributed by atoms with van der Waals surface area (Å²) in [6.07, 6.45) is 2.75. The topological polar surface area (TPSA) is 150 Å². The number of hydrogen-bond donors (Lipinski definition) is 2. The quantitative estimate of drug-likeness (QED) is 0.317. The number of nitrogens with one attached hydrogen (secondary N) is 2. The molecular weight excluding hydrogens is 500 g/mol. The van der Waals surface area contributed by atoms with E-state index in [1.807, 2.05) is 0 Å². The number of carbonyl (C=O) groups is 1. The van der Waals surface area contributed by atoms with E-state index in [0.717, 1.165) is 23.7 Å². The van der Waals surface area contributed by atoms with Gasteiger partial charge in [0.05, 0.1) is 13.2 Å². The van der Waals surface area contributed by atoms with Crippen molar-refractivity contribution in [1.29, 1.82) is 5.41 Å². The molecule has 0 bridgehead atoms. The van der Waals surface area contributed by atoms with Gasteiger partial charge in [-0.05, 0) is 25.0 Å².